The number of aromatic nitrogens is 3. The zero-order valence-electron chi connectivity index (χ0n) is 19.8. The van der Waals surface area contributed by atoms with Crippen molar-refractivity contribution >= 4 is 21.3 Å². The summed E-state index contributed by atoms with van der Waals surface area (Å²) in [6.07, 6.45) is -4.03. The van der Waals surface area contributed by atoms with Crippen LogP contribution >= 0.6 is 15.6 Å². The van der Waals surface area contributed by atoms with Crippen molar-refractivity contribution in [3.63, 3.8) is 0 Å². The van der Waals surface area contributed by atoms with E-state index in [-0.39, 0.29) is 6.54 Å². The molecule has 5 atom stereocenters. The molecule has 1 aromatic carbocycles. The first-order valence-corrected chi connectivity index (χ1v) is 14.2. The first kappa shape index (κ1) is 29.0. The van der Waals surface area contributed by atoms with Crippen molar-refractivity contribution in [1.29, 1.82) is 0 Å². The lowest BCUT2D eigenvalue weighted by atomic mass is 10.1. The monoisotopic (exact) mass is 586 g/mol. The van der Waals surface area contributed by atoms with E-state index in [0.717, 1.165) is 32.5 Å². The highest BCUT2D eigenvalue weighted by atomic mass is 31.3. The number of pyridine rings is 1. The van der Waals surface area contributed by atoms with E-state index in [1.54, 1.807) is 36.4 Å². The van der Waals surface area contributed by atoms with Crippen LogP contribution in [0.25, 0.3) is 11.1 Å². The summed E-state index contributed by atoms with van der Waals surface area (Å²) in [6, 6.07) is 11.5. The molecule has 0 bridgehead atoms. The largest absolute Gasteiger partial charge is 0.481 e. The quantitative estimate of drug-likeness (QED) is 0.137. The first-order chi connectivity index (χ1) is 18.2. The smallest absolute Gasteiger partial charge is 0.399 e. The van der Waals surface area contributed by atoms with E-state index >= 15 is 0 Å². The van der Waals surface area contributed by atoms with Crippen molar-refractivity contribution in [1.82, 2.24) is 14.1 Å². The number of nitrogen functional groups attached to an aromatic ring is 1. The van der Waals surface area contributed by atoms with Gasteiger partial charge >= 0.3 is 21.3 Å². The Hall–Kier alpha value is -3.01. The Bertz CT molecular complexity index is 1550. The molecule has 1 fully saturated rings. The molecular formula is C21H24N4O12P2. The second-order valence-corrected chi connectivity index (χ2v) is 11.3. The van der Waals surface area contributed by atoms with Gasteiger partial charge in [0.25, 0.3) is 5.56 Å². The number of phosphoric ester groups is 1. The van der Waals surface area contributed by atoms with Gasteiger partial charge in [-0.2, -0.15) is 4.31 Å². The van der Waals surface area contributed by atoms with Crippen LogP contribution in [0.1, 0.15) is 11.9 Å². The minimum atomic E-state index is -5.38. The molecule has 39 heavy (non-hydrogen) atoms. The molecule has 0 amide bonds. The maximum Gasteiger partial charge on any atom is 0.481 e. The number of aliphatic hydroxyl groups excluding tert-OH is 2. The fourth-order valence-corrected chi connectivity index (χ4v) is 5.47. The third-order valence-corrected chi connectivity index (χ3v) is 7.85. The van der Waals surface area contributed by atoms with Gasteiger partial charge in [-0.1, -0.05) is 12.1 Å². The Kier molecular flexibility index (Phi) is 8.35. The third-order valence-electron chi connectivity index (χ3n) is 5.70. The van der Waals surface area contributed by atoms with Crippen LogP contribution in [0.15, 0.2) is 64.4 Å². The predicted molar refractivity (Wildman–Crippen MR) is 133 cm³/mol. The Labute approximate surface area is 219 Å². The van der Waals surface area contributed by atoms with Gasteiger partial charge in [-0.15, -0.1) is 0 Å². The maximum absolute atomic E-state index is 13.2. The molecule has 18 heteroatoms. The number of benzene rings is 1. The Morgan fingerprint density at radius 1 is 1.00 bits per heavy atom. The Morgan fingerprint density at radius 2 is 1.69 bits per heavy atom. The molecule has 0 radical (unpaired) electrons. The minimum Gasteiger partial charge on any atom is -0.399 e. The van der Waals surface area contributed by atoms with Gasteiger partial charge in [-0.25, -0.2) is 13.9 Å². The highest BCUT2D eigenvalue weighted by Gasteiger charge is 2.46. The summed E-state index contributed by atoms with van der Waals surface area (Å²) in [4.78, 5) is 56.7. The van der Waals surface area contributed by atoms with Gasteiger partial charge in [0.2, 0.25) is 0 Å². The molecule has 0 aliphatic carbocycles. The summed E-state index contributed by atoms with van der Waals surface area (Å²) in [6.45, 7) is -1.19. The van der Waals surface area contributed by atoms with Gasteiger partial charge in [0.1, 0.15) is 18.3 Å². The number of rotatable bonds is 9. The van der Waals surface area contributed by atoms with Crippen LogP contribution in [-0.4, -0.2) is 63.9 Å². The molecule has 0 spiro atoms. The van der Waals surface area contributed by atoms with Crippen LogP contribution in [0.5, 0.6) is 0 Å². The lowest BCUT2D eigenvalue weighted by molar-refractivity contribution is -0.0547. The summed E-state index contributed by atoms with van der Waals surface area (Å²) >= 11 is 0. The van der Waals surface area contributed by atoms with Crippen LogP contribution in [0.3, 0.4) is 0 Å². The molecule has 210 valence electrons. The minimum absolute atomic E-state index is 0.243. The molecular weight excluding hydrogens is 562 g/mol. The second kappa shape index (κ2) is 11.2. The summed E-state index contributed by atoms with van der Waals surface area (Å²) in [5, 5.41) is 20.8. The highest BCUT2D eigenvalue weighted by molar-refractivity contribution is 7.60. The number of anilines is 1. The van der Waals surface area contributed by atoms with E-state index in [0.29, 0.717) is 11.4 Å². The molecule has 1 saturated heterocycles. The van der Waals surface area contributed by atoms with Crippen molar-refractivity contribution in [2.24, 2.45) is 0 Å². The lowest BCUT2D eigenvalue weighted by Crippen LogP contribution is -2.43. The molecule has 2 aromatic heterocycles. The second-order valence-electron chi connectivity index (χ2n) is 8.47. The number of aliphatic hydroxyl groups is 2. The van der Waals surface area contributed by atoms with E-state index in [1.807, 2.05) is 0 Å². The molecule has 16 nitrogen and oxygen atoms in total. The fourth-order valence-electron chi connectivity index (χ4n) is 3.87. The van der Waals surface area contributed by atoms with Crippen molar-refractivity contribution < 1.29 is 47.6 Å². The highest BCUT2D eigenvalue weighted by Crippen LogP contribution is 2.57. The molecule has 0 saturated carbocycles. The normalized spacial score (nSPS) is 23.0. The van der Waals surface area contributed by atoms with E-state index in [1.165, 1.54) is 6.20 Å². The number of ether oxygens (including phenoxy) is 1. The topological polar surface area (TPSA) is 246 Å². The average molecular weight is 586 g/mol. The Morgan fingerprint density at radius 3 is 2.36 bits per heavy atom. The zero-order chi connectivity index (χ0) is 28.5. The number of hydrogen-bond donors (Lipinski definition) is 6. The van der Waals surface area contributed by atoms with Crippen molar-refractivity contribution in [3.05, 3.63) is 81.4 Å². The van der Waals surface area contributed by atoms with Crippen LogP contribution in [-0.2, 0) is 29.2 Å². The van der Waals surface area contributed by atoms with Crippen LogP contribution in [0, 0.1) is 0 Å². The third kappa shape index (κ3) is 6.96. The van der Waals surface area contributed by atoms with E-state index < -0.39 is 58.0 Å². The van der Waals surface area contributed by atoms with Crippen molar-refractivity contribution in [3.8, 4) is 11.1 Å². The summed E-state index contributed by atoms with van der Waals surface area (Å²) < 4.78 is 37.7. The molecule has 1 aliphatic rings. The van der Waals surface area contributed by atoms with E-state index in [2.05, 4.69) is 13.8 Å². The predicted octanol–water partition coefficient (Wildman–Crippen LogP) is -0.452. The number of hydrogen-bond acceptors (Lipinski definition) is 11. The number of phosphoric acid groups is 2. The molecule has 3 aromatic rings. The standard InChI is InChI=1S/C21H24N4O12P2/c22-14-3-1-12(2-4-14)13-5-7-23-15(9-13)10-25-17(26)6-8-24(21(25)29)20-19(28)18(27)16(36-20)11-35-39(33,34)37-38(30,31)32/h1-9,16,18-20,27-28H,10-11,22H2,(H,33,34)(H2,30,31,32)/t16-,18?,19+,20-/m1/s1. The summed E-state index contributed by atoms with van der Waals surface area (Å²) in [5.74, 6) is 0. The van der Waals surface area contributed by atoms with Crippen LogP contribution in [0.2, 0.25) is 0 Å². The van der Waals surface area contributed by atoms with Crippen LogP contribution < -0.4 is 17.0 Å². The van der Waals surface area contributed by atoms with Gasteiger partial charge in [0, 0.05) is 24.1 Å². The average Bonchev–Trinajstić information content (AvgIpc) is 3.13. The van der Waals surface area contributed by atoms with E-state index in [4.69, 9.17) is 20.3 Å². The lowest BCUT2D eigenvalue weighted by Gasteiger charge is -2.19. The van der Waals surface area contributed by atoms with Gasteiger partial charge in [0.15, 0.2) is 6.23 Å². The van der Waals surface area contributed by atoms with Gasteiger partial charge in [-0.3, -0.25) is 23.4 Å². The maximum atomic E-state index is 13.2. The SMILES string of the molecule is Nc1ccc(-c2ccnc(Cn3c(=O)ccn([C@@H]4O[C@H](COP(=O)(O)OP(=O)(O)O)C(O)[C@@H]4O)c3=O)c2)cc1. The first-order valence-electron chi connectivity index (χ1n) is 11.1. The molecule has 7 N–H and O–H groups in total. The molecule has 3 heterocycles. The molecule has 2 unspecified atom stereocenters. The van der Waals surface area contributed by atoms with Gasteiger partial charge < -0.3 is 35.4 Å². The van der Waals surface area contributed by atoms with Gasteiger partial charge in [0.05, 0.1) is 18.8 Å². The molecule has 1 aliphatic heterocycles. The number of nitrogens with two attached hydrogens (primary N) is 1. The number of nitrogens with zero attached hydrogens (tertiary/aromatic N) is 3. The summed E-state index contributed by atoms with van der Waals surface area (Å²) in [5.41, 5.74) is 6.66. The van der Waals surface area contributed by atoms with Crippen LogP contribution in [0.4, 0.5) is 5.69 Å². The zero-order valence-corrected chi connectivity index (χ0v) is 21.6. The van der Waals surface area contributed by atoms with Crippen molar-refractivity contribution in [2.45, 2.75) is 31.1 Å². The van der Waals surface area contributed by atoms with Gasteiger partial charge in [-0.05, 0) is 35.4 Å². The fraction of sp³-hybridized carbons (Fsp3) is 0.286. The van der Waals surface area contributed by atoms with Crippen molar-refractivity contribution in [2.75, 3.05) is 12.3 Å². The van der Waals surface area contributed by atoms with E-state index in [9.17, 15) is 33.8 Å². The Balaban J connectivity index is 1.55. The molecule has 4 rings (SSSR count). The summed E-state index contributed by atoms with van der Waals surface area (Å²) in [7, 11) is -10.6.